The molecule has 0 atom stereocenters. The molecule has 1 fully saturated rings. The van der Waals surface area contributed by atoms with Gasteiger partial charge in [-0.25, -0.2) is 13.6 Å². The Hall–Kier alpha value is -1.70. The number of piperidine rings is 1. The van der Waals surface area contributed by atoms with E-state index in [0.717, 1.165) is 42.4 Å². The van der Waals surface area contributed by atoms with Crippen molar-refractivity contribution in [3.8, 4) is 0 Å². The van der Waals surface area contributed by atoms with Gasteiger partial charge >= 0.3 is 0 Å². The van der Waals surface area contributed by atoms with Gasteiger partial charge in [-0.2, -0.15) is 0 Å². The SMILES string of the molecule is NS(=O)(=O)CC1CCN(Cc2cc3ccccc3[nH]c2=O)CC1. The number of sulfonamides is 1. The molecule has 23 heavy (non-hydrogen) atoms. The first-order valence-electron chi connectivity index (χ1n) is 7.74. The van der Waals surface area contributed by atoms with E-state index in [4.69, 9.17) is 5.14 Å². The molecule has 1 aliphatic rings. The number of para-hydroxylation sites is 1. The number of benzene rings is 1. The number of aromatic nitrogens is 1. The number of nitrogens with one attached hydrogen (secondary N) is 1. The van der Waals surface area contributed by atoms with E-state index >= 15 is 0 Å². The van der Waals surface area contributed by atoms with Crippen LogP contribution >= 0.6 is 0 Å². The van der Waals surface area contributed by atoms with Crippen molar-refractivity contribution in [2.75, 3.05) is 18.8 Å². The molecule has 1 aromatic carbocycles. The number of hydrogen-bond donors (Lipinski definition) is 2. The third kappa shape index (κ3) is 4.19. The molecule has 124 valence electrons. The summed E-state index contributed by atoms with van der Waals surface area (Å²) in [7, 11) is -3.40. The highest BCUT2D eigenvalue weighted by Crippen LogP contribution is 2.20. The van der Waals surface area contributed by atoms with E-state index < -0.39 is 10.0 Å². The lowest BCUT2D eigenvalue weighted by Gasteiger charge is -2.31. The molecule has 0 aliphatic carbocycles. The Morgan fingerprint density at radius 3 is 2.61 bits per heavy atom. The van der Waals surface area contributed by atoms with Gasteiger partial charge in [0.2, 0.25) is 10.0 Å². The van der Waals surface area contributed by atoms with Crippen molar-refractivity contribution in [3.63, 3.8) is 0 Å². The zero-order chi connectivity index (χ0) is 16.4. The van der Waals surface area contributed by atoms with Crippen LogP contribution in [0.3, 0.4) is 0 Å². The van der Waals surface area contributed by atoms with Crippen molar-refractivity contribution in [2.45, 2.75) is 19.4 Å². The number of hydrogen-bond acceptors (Lipinski definition) is 4. The molecule has 3 N–H and O–H groups in total. The van der Waals surface area contributed by atoms with E-state index in [1.165, 1.54) is 0 Å². The minimum Gasteiger partial charge on any atom is -0.322 e. The molecular formula is C16H21N3O3S. The molecule has 2 aromatic rings. The molecular weight excluding hydrogens is 314 g/mol. The molecule has 0 saturated carbocycles. The largest absolute Gasteiger partial charge is 0.322 e. The molecule has 0 bridgehead atoms. The molecule has 7 heteroatoms. The summed E-state index contributed by atoms with van der Waals surface area (Å²) in [6.07, 6.45) is 1.59. The Morgan fingerprint density at radius 2 is 1.91 bits per heavy atom. The summed E-state index contributed by atoms with van der Waals surface area (Å²) in [5.74, 6) is 0.174. The fourth-order valence-electron chi connectivity index (χ4n) is 3.19. The van der Waals surface area contributed by atoms with E-state index in [2.05, 4.69) is 9.88 Å². The van der Waals surface area contributed by atoms with Gasteiger partial charge in [0.05, 0.1) is 5.75 Å². The number of primary sulfonamides is 1. The van der Waals surface area contributed by atoms with Gasteiger partial charge in [0.1, 0.15) is 0 Å². The van der Waals surface area contributed by atoms with Gasteiger partial charge in [-0.3, -0.25) is 9.69 Å². The minimum atomic E-state index is -3.40. The molecule has 0 spiro atoms. The molecule has 1 saturated heterocycles. The molecule has 1 aromatic heterocycles. The van der Waals surface area contributed by atoms with Crippen molar-refractivity contribution in [1.82, 2.24) is 9.88 Å². The van der Waals surface area contributed by atoms with Crippen LogP contribution in [0.4, 0.5) is 0 Å². The third-order valence-electron chi connectivity index (χ3n) is 4.40. The number of fused-ring (bicyclic) bond motifs is 1. The van der Waals surface area contributed by atoms with Crippen molar-refractivity contribution in [2.24, 2.45) is 11.1 Å². The first kappa shape index (κ1) is 16.2. The third-order valence-corrected chi connectivity index (χ3v) is 5.34. The van der Waals surface area contributed by atoms with Crippen LogP contribution in [0, 0.1) is 5.92 Å². The van der Waals surface area contributed by atoms with Gasteiger partial charge in [0.15, 0.2) is 0 Å². The van der Waals surface area contributed by atoms with Crippen molar-refractivity contribution in [1.29, 1.82) is 0 Å². The highest BCUT2D eigenvalue weighted by Gasteiger charge is 2.23. The number of aromatic amines is 1. The number of nitrogens with two attached hydrogens (primary N) is 1. The van der Waals surface area contributed by atoms with Crippen LogP contribution in [0.15, 0.2) is 35.1 Å². The van der Waals surface area contributed by atoms with Crippen LogP contribution in [0.2, 0.25) is 0 Å². The fourth-order valence-corrected chi connectivity index (χ4v) is 4.18. The van der Waals surface area contributed by atoms with Crippen LogP contribution in [0.25, 0.3) is 10.9 Å². The molecule has 3 rings (SSSR count). The van der Waals surface area contributed by atoms with E-state index in [1.54, 1.807) is 0 Å². The Labute approximate surface area is 135 Å². The topological polar surface area (TPSA) is 96.3 Å². The number of likely N-dealkylation sites (tertiary alicyclic amines) is 1. The summed E-state index contributed by atoms with van der Waals surface area (Å²) in [4.78, 5) is 17.3. The van der Waals surface area contributed by atoms with Crippen LogP contribution in [0.1, 0.15) is 18.4 Å². The molecule has 1 aliphatic heterocycles. The highest BCUT2D eigenvalue weighted by atomic mass is 32.2. The van der Waals surface area contributed by atoms with Crippen molar-refractivity contribution in [3.05, 3.63) is 46.2 Å². The van der Waals surface area contributed by atoms with Crippen LogP contribution in [0.5, 0.6) is 0 Å². The van der Waals surface area contributed by atoms with E-state index in [0.29, 0.717) is 6.54 Å². The Morgan fingerprint density at radius 1 is 1.22 bits per heavy atom. The first-order valence-corrected chi connectivity index (χ1v) is 9.46. The molecule has 0 unspecified atom stereocenters. The van der Waals surface area contributed by atoms with E-state index in [9.17, 15) is 13.2 Å². The monoisotopic (exact) mass is 335 g/mol. The zero-order valence-corrected chi connectivity index (χ0v) is 13.7. The number of nitrogens with zero attached hydrogens (tertiary/aromatic N) is 1. The number of H-pyrrole nitrogens is 1. The van der Waals surface area contributed by atoms with Crippen molar-refractivity contribution >= 4 is 20.9 Å². The maximum absolute atomic E-state index is 12.2. The van der Waals surface area contributed by atoms with Gasteiger partial charge in [-0.15, -0.1) is 0 Å². The van der Waals surface area contributed by atoms with Gasteiger partial charge in [0.25, 0.3) is 5.56 Å². The second kappa shape index (κ2) is 6.43. The summed E-state index contributed by atoms with van der Waals surface area (Å²) in [6, 6.07) is 9.65. The van der Waals surface area contributed by atoms with Gasteiger partial charge in [0, 0.05) is 17.6 Å². The highest BCUT2D eigenvalue weighted by molar-refractivity contribution is 7.89. The summed E-state index contributed by atoms with van der Waals surface area (Å²) in [5, 5.41) is 6.13. The zero-order valence-electron chi connectivity index (χ0n) is 12.9. The fraction of sp³-hybridized carbons (Fsp3) is 0.438. The Bertz CT molecular complexity index is 852. The average Bonchev–Trinajstić information content (AvgIpc) is 2.48. The second-order valence-electron chi connectivity index (χ2n) is 6.26. The van der Waals surface area contributed by atoms with Crippen molar-refractivity contribution < 1.29 is 8.42 Å². The van der Waals surface area contributed by atoms with Crippen LogP contribution < -0.4 is 10.7 Å². The second-order valence-corrected chi connectivity index (χ2v) is 7.92. The Balaban J connectivity index is 1.67. The molecule has 2 heterocycles. The van der Waals surface area contributed by atoms with Gasteiger partial charge in [-0.05, 0) is 49.4 Å². The summed E-state index contributed by atoms with van der Waals surface area (Å²) >= 11 is 0. The van der Waals surface area contributed by atoms with Gasteiger partial charge in [-0.1, -0.05) is 18.2 Å². The maximum Gasteiger partial charge on any atom is 0.252 e. The summed E-state index contributed by atoms with van der Waals surface area (Å²) in [5.41, 5.74) is 1.53. The maximum atomic E-state index is 12.2. The van der Waals surface area contributed by atoms with Crippen LogP contribution in [-0.2, 0) is 16.6 Å². The molecule has 0 amide bonds. The summed E-state index contributed by atoms with van der Waals surface area (Å²) in [6.45, 7) is 2.15. The van der Waals surface area contributed by atoms with Crippen LogP contribution in [-0.4, -0.2) is 37.1 Å². The predicted molar refractivity (Wildman–Crippen MR) is 90.5 cm³/mol. The Kier molecular flexibility index (Phi) is 4.52. The summed E-state index contributed by atoms with van der Waals surface area (Å²) < 4.78 is 22.3. The standard InChI is InChI=1S/C16H21N3O3S/c17-23(21,22)11-12-5-7-19(8-6-12)10-14-9-13-3-1-2-4-15(13)18-16(14)20/h1-4,9,12H,5-8,10-11H2,(H,18,20)(H2,17,21,22). The number of pyridine rings is 1. The average molecular weight is 335 g/mol. The molecule has 6 nitrogen and oxygen atoms in total. The lowest BCUT2D eigenvalue weighted by Crippen LogP contribution is -2.37. The van der Waals surface area contributed by atoms with Gasteiger partial charge < -0.3 is 4.98 Å². The quantitative estimate of drug-likeness (QED) is 0.872. The number of rotatable bonds is 4. The smallest absolute Gasteiger partial charge is 0.252 e. The van der Waals surface area contributed by atoms with E-state index in [-0.39, 0.29) is 17.2 Å². The molecule has 0 radical (unpaired) electrons. The lowest BCUT2D eigenvalue weighted by molar-refractivity contribution is 0.185. The van der Waals surface area contributed by atoms with E-state index in [1.807, 2.05) is 30.3 Å². The first-order chi connectivity index (χ1) is 10.9. The predicted octanol–water partition coefficient (Wildman–Crippen LogP) is 1.03. The lowest BCUT2D eigenvalue weighted by atomic mass is 9.98. The normalized spacial score (nSPS) is 17.6. The minimum absolute atomic E-state index is 0.0530.